The number of aromatic amines is 1. The summed E-state index contributed by atoms with van der Waals surface area (Å²) in [5.74, 6) is -1.34. The molecule has 0 unspecified atom stereocenters. The highest BCUT2D eigenvalue weighted by Crippen LogP contribution is 2.19. The molecule has 0 aliphatic carbocycles. The molecule has 2 rings (SSSR count). The standard InChI is InChI=1S/C13H15N3O4S/c1-9-5-3-4-6-10(9)8-16(2)21(19,20)12-11(13(17)18)7-14-15-12/h3-7H,8H2,1-2H3,(H,14,15)(H,17,18). The van der Waals surface area contributed by atoms with Crippen LogP contribution in [-0.4, -0.2) is 41.0 Å². The zero-order chi connectivity index (χ0) is 15.6. The highest BCUT2D eigenvalue weighted by molar-refractivity contribution is 7.89. The Morgan fingerprint density at radius 3 is 2.67 bits per heavy atom. The highest BCUT2D eigenvalue weighted by Gasteiger charge is 2.29. The third-order valence-corrected chi connectivity index (χ3v) is 4.93. The fourth-order valence-corrected chi connectivity index (χ4v) is 3.10. The number of H-pyrrole nitrogens is 1. The quantitative estimate of drug-likeness (QED) is 0.864. The molecule has 8 heteroatoms. The molecule has 0 atom stereocenters. The summed E-state index contributed by atoms with van der Waals surface area (Å²) < 4.78 is 25.9. The van der Waals surface area contributed by atoms with Gasteiger partial charge in [-0.1, -0.05) is 24.3 Å². The van der Waals surface area contributed by atoms with Crippen LogP contribution in [0.1, 0.15) is 21.5 Å². The average Bonchev–Trinajstić information content (AvgIpc) is 2.91. The van der Waals surface area contributed by atoms with Crippen molar-refractivity contribution in [1.29, 1.82) is 0 Å². The minimum absolute atomic E-state index is 0.146. The summed E-state index contributed by atoms with van der Waals surface area (Å²) in [6.45, 7) is 2.03. The highest BCUT2D eigenvalue weighted by atomic mass is 32.2. The summed E-state index contributed by atoms with van der Waals surface area (Å²) in [5, 5.41) is 14.3. The van der Waals surface area contributed by atoms with Crippen molar-refractivity contribution in [2.45, 2.75) is 18.5 Å². The SMILES string of the molecule is Cc1ccccc1CN(C)S(=O)(=O)c1[nH]ncc1C(=O)O. The Kier molecular flexibility index (Phi) is 4.10. The maximum absolute atomic E-state index is 12.4. The first kappa shape index (κ1) is 15.2. The van der Waals surface area contributed by atoms with Crippen LogP contribution in [0.25, 0.3) is 0 Å². The van der Waals surface area contributed by atoms with E-state index in [1.807, 2.05) is 31.2 Å². The van der Waals surface area contributed by atoms with Gasteiger partial charge in [0.2, 0.25) is 0 Å². The van der Waals surface area contributed by atoms with Gasteiger partial charge in [0.25, 0.3) is 10.0 Å². The summed E-state index contributed by atoms with van der Waals surface area (Å²) in [6, 6.07) is 7.40. The van der Waals surface area contributed by atoms with E-state index in [-0.39, 0.29) is 12.1 Å². The number of carbonyl (C=O) groups is 1. The Bertz CT molecular complexity index is 767. The summed E-state index contributed by atoms with van der Waals surface area (Å²) in [4.78, 5) is 11.0. The van der Waals surface area contributed by atoms with Crippen LogP contribution in [0.3, 0.4) is 0 Å². The number of rotatable bonds is 5. The molecule has 2 aromatic rings. The van der Waals surface area contributed by atoms with Crippen molar-refractivity contribution in [1.82, 2.24) is 14.5 Å². The van der Waals surface area contributed by atoms with E-state index in [1.165, 1.54) is 7.05 Å². The molecule has 0 aliphatic rings. The largest absolute Gasteiger partial charge is 0.478 e. The van der Waals surface area contributed by atoms with Crippen molar-refractivity contribution in [3.63, 3.8) is 0 Å². The number of hydrogen-bond acceptors (Lipinski definition) is 4. The smallest absolute Gasteiger partial charge is 0.340 e. The van der Waals surface area contributed by atoms with Crippen molar-refractivity contribution in [3.8, 4) is 0 Å². The summed E-state index contributed by atoms with van der Waals surface area (Å²) >= 11 is 0. The normalized spacial score (nSPS) is 11.8. The van der Waals surface area contributed by atoms with Crippen LogP contribution >= 0.6 is 0 Å². The molecule has 1 aromatic heterocycles. The molecule has 1 aromatic carbocycles. The van der Waals surface area contributed by atoms with Gasteiger partial charge in [0.1, 0.15) is 5.56 Å². The van der Waals surface area contributed by atoms with E-state index in [4.69, 9.17) is 5.11 Å². The molecule has 0 spiro atoms. The van der Waals surface area contributed by atoms with Gasteiger partial charge in [-0.3, -0.25) is 5.10 Å². The number of sulfonamides is 1. The molecule has 0 aliphatic heterocycles. The van der Waals surface area contributed by atoms with E-state index in [0.29, 0.717) is 0 Å². The van der Waals surface area contributed by atoms with Crippen LogP contribution in [0.4, 0.5) is 0 Å². The van der Waals surface area contributed by atoms with E-state index in [9.17, 15) is 13.2 Å². The van der Waals surface area contributed by atoms with E-state index >= 15 is 0 Å². The summed E-state index contributed by atoms with van der Waals surface area (Å²) in [5.41, 5.74) is 1.44. The lowest BCUT2D eigenvalue weighted by Gasteiger charge is -2.17. The maximum Gasteiger partial charge on any atom is 0.340 e. The first-order chi connectivity index (χ1) is 9.84. The second-order valence-corrected chi connectivity index (χ2v) is 6.59. The molecule has 0 radical (unpaired) electrons. The average molecular weight is 309 g/mol. The van der Waals surface area contributed by atoms with Crippen molar-refractivity contribution >= 4 is 16.0 Å². The minimum atomic E-state index is -3.95. The Labute approximate surface area is 122 Å². The molecule has 7 nitrogen and oxygen atoms in total. The second kappa shape index (κ2) is 5.66. The molecule has 112 valence electrons. The van der Waals surface area contributed by atoms with Gasteiger partial charge in [-0.25, -0.2) is 13.2 Å². The van der Waals surface area contributed by atoms with Crippen LogP contribution < -0.4 is 0 Å². The van der Waals surface area contributed by atoms with Crippen molar-refractivity contribution in [2.24, 2.45) is 0 Å². The molecule has 21 heavy (non-hydrogen) atoms. The lowest BCUT2D eigenvalue weighted by Crippen LogP contribution is -2.28. The number of nitrogens with one attached hydrogen (secondary N) is 1. The van der Waals surface area contributed by atoms with Crippen molar-refractivity contribution < 1.29 is 18.3 Å². The predicted molar refractivity (Wildman–Crippen MR) is 75.4 cm³/mol. The van der Waals surface area contributed by atoms with Crippen LogP contribution in [0.2, 0.25) is 0 Å². The molecular formula is C13H15N3O4S. The van der Waals surface area contributed by atoms with E-state index in [2.05, 4.69) is 10.2 Å². The Hall–Kier alpha value is -2.19. The maximum atomic E-state index is 12.4. The number of hydrogen-bond donors (Lipinski definition) is 2. The van der Waals surface area contributed by atoms with Crippen LogP contribution in [0.5, 0.6) is 0 Å². The number of aryl methyl sites for hydroxylation is 1. The molecule has 0 fully saturated rings. The van der Waals surface area contributed by atoms with Gasteiger partial charge in [-0.05, 0) is 18.1 Å². The predicted octanol–water partition coefficient (Wildman–Crippen LogP) is 1.24. The fourth-order valence-electron chi connectivity index (χ4n) is 1.89. The van der Waals surface area contributed by atoms with Gasteiger partial charge in [-0.2, -0.15) is 9.40 Å². The van der Waals surface area contributed by atoms with Crippen molar-refractivity contribution in [2.75, 3.05) is 7.05 Å². The Morgan fingerprint density at radius 1 is 1.38 bits per heavy atom. The van der Waals surface area contributed by atoms with E-state index in [1.54, 1.807) is 0 Å². The van der Waals surface area contributed by atoms with Crippen LogP contribution in [0.15, 0.2) is 35.5 Å². The first-order valence-corrected chi connectivity index (χ1v) is 7.55. The number of benzene rings is 1. The molecule has 1 heterocycles. The topological polar surface area (TPSA) is 103 Å². The van der Waals surface area contributed by atoms with Gasteiger partial charge in [0.05, 0.1) is 6.20 Å². The van der Waals surface area contributed by atoms with Gasteiger partial charge in [0, 0.05) is 13.6 Å². The van der Waals surface area contributed by atoms with Gasteiger partial charge in [0.15, 0.2) is 5.03 Å². The molecule has 0 saturated heterocycles. The zero-order valence-electron chi connectivity index (χ0n) is 11.6. The summed E-state index contributed by atoms with van der Waals surface area (Å²) in [7, 11) is -2.55. The van der Waals surface area contributed by atoms with Crippen LogP contribution in [0, 0.1) is 6.92 Å². The van der Waals surface area contributed by atoms with E-state index in [0.717, 1.165) is 21.6 Å². The third-order valence-electron chi connectivity index (χ3n) is 3.16. The number of carboxylic acids is 1. The molecule has 0 saturated carbocycles. The van der Waals surface area contributed by atoms with Gasteiger partial charge >= 0.3 is 5.97 Å². The number of nitrogens with zero attached hydrogens (tertiary/aromatic N) is 2. The molecule has 2 N–H and O–H groups in total. The van der Waals surface area contributed by atoms with Crippen LogP contribution in [-0.2, 0) is 16.6 Å². The first-order valence-electron chi connectivity index (χ1n) is 6.11. The van der Waals surface area contributed by atoms with Crippen molar-refractivity contribution in [3.05, 3.63) is 47.2 Å². The Balaban J connectivity index is 2.33. The second-order valence-electron chi connectivity index (χ2n) is 4.61. The molecular weight excluding hydrogens is 294 g/mol. The molecule has 0 bridgehead atoms. The lowest BCUT2D eigenvalue weighted by molar-refractivity contribution is 0.0692. The van der Waals surface area contributed by atoms with Gasteiger partial charge in [-0.15, -0.1) is 0 Å². The molecule has 0 amide bonds. The third kappa shape index (κ3) is 2.96. The zero-order valence-corrected chi connectivity index (χ0v) is 12.4. The Morgan fingerprint density at radius 2 is 2.05 bits per heavy atom. The summed E-state index contributed by atoms with van der Waals surface area (Å²) in [6.07, 6.45) is 0.983. The van der Waals surface area contributed by atoms with Gasteiger partial charge < -0.3 is 5.11 Å². The number of aromatic nitrogens is 2. The number of aromatic carboxylic acids is 1. The van der Waals surface area contributed by atoms with E-state index < -0.39 is 21.0 Å². The minimum Gasteiger partial charge on any atom is -0.478 e. The fraction of sp³-hybridized carbons (Fsp3) is 0.231. The lowest BCUT2D eigenvalue weighted by atomic mass is 10.1. The number of carboxylic acid groups (broad SMARTS) is 1. The monoisotopic (exact) mass is 309 g/mol.